The van der Waals surface area contributed by atoms with E-state index in [4.69, 9.17) is 11.6 Å². The summed E-state index contributed by atoms with van der Waals surface area (Å²) in [6.07, 6.45) is 1.54. The molecule has 3 aromatic rings. The molecule has 31 heavy (non-hydrogen) atoms. The van der Waals surface area contributed by atoms with E-state index in [1.807, 2.05) is 12.1 Å². The highest BCUT2D eigenvalue weighted by Crippen LogP contribution is 2.37. The molecule has 2 N–H and O–H groups in total. The fraction of sp³-hybridized carbons (Fsp3) is 0.0909. The number of amides is 3. The highest BCUT2D eigenvalue weighted by molar-refractivity contribution is 8.00. The summed E-state index contributed by atoms with van der Waals surface area (Å²) in [6.45, 7) is 0. The largest absolute Gasteiger partial charge is 0.321 e. The second kappa shape index (κ2) is 9.20. The molecule has 7 nitrogen and oxygen atoms in total. The minimum atomic E-state index is -0.419. The van der Waals surface area contributed by atoms with Crippen LogP contribution >= 0.6 is 23.4 Å². The summed E-state index contributed by atoms with van der Waals surface area (Å²) in [5.41, 5.74) is 4.73. The number of aromatic nitrogens is 1. The Morgan fingerprint density at radius 2 is 1.74 bits per heavy atom. The van der Waals surface area contributed by atoms with Crippen LogP contribution in [0.15, 0.2) is 72.9 Å². The molecule has 0 radical (unpaired) electrons. The van der Waals surface area contributed by atoms with E-state index in [1.165, 1.54) is 23.0 Å². The summed E-state index contributed by atoms with van der Waals surface area (Å²) in [7, 11) is 0. The number of thioether (sulfide) groups is 1. The van der Waals surface area contributed by atoms with E-state index in [0.717, 1.165) is 5.56 Å². The number of nitrogens with one attached hydrogen (secondary N) is 2. The Bertz CT molecular complexity index is 1110. The number of benzene rings is 2. The molecule has 0 spiro atoms. The highest BCUT2D eigenvalue weighted by atomic mass is 35.5. The van der Waals surface area contributed by atoms with Crippen LogP contribution in [0.4, 0.5) is 5.69 Å². The topological polar surface area (TPSA) is 91.4 Å². The third kappa shape index (κ3) is 4.87. The molecule has 9 heteroatoms. The first-order valence-corrected chi connectivity index (χ1v) is 10.8. The lowest BCUT2D eigenvalue weighted by atomic mass is 10.2. The zero-order valence-electron chi connectivity index (χ0n) is 16.1. The van der Waals surface area contributed by atoms with Gasteiger partial charge in [-0.25, -0.2) is 5.01 Å². The van der Waals surface area contributed by atoms with E-state index in [2.05, 4.69) is 15.7 Å². The molecule has 2 aromatic carbocycles. The van der Waals surface area contributed by atoms with E-state index in [-0.39, 0.29) is 22.9 Å². The van der Waals surface area contributed by atoms with E-state index in [0.29, 0.717) is 22.0 Å². The van der Waals surface area contributed by atoms with Crippen molar-refractivity contribution in [3.63, 3.8) is 0 Å². The van der Waals surface area contributed by atoms with Crippen molar-refractivity contribution in [2.75, 3.05) is 11.1 Å². The SMILES string of the molecule is O=C(NN1C(=O)CSC1c1ccc(Cl)cc1)c1ccc(NC(=O)c2ccccn2)cc1. The average molecular weight is 453 g/mol. The quantitative estimate of drug-likeness (QED) is 0.612. The monoisotopic (exact) mass is 452 g/mol. The van der Waals surface area contributed by atoms with Gasteiger partial charge in [-0.05, 0) is 54.1 Å². The van der Waals surface area contributed by atoms with Gasteiger partial charge in [0.25, 0.3) is 17.7 Å². The van der Waals surface area contributed by atoms with Crippen molar-refractivity contribution in [1.82, 2.24) is 15.4 Å². The fourth-order valence-corrected chi connectivity index (χ4v) is 4.22. The van der Waals surface area contributed by atoms with Gasteiger partial charge in [0.15, 0.2) is 0 Å². The predicted molar refractivity (Wildman–Crippen MR) is 120 cm³/mol. The molecule has 4 rings (SSSR count). The van der Waals surface area contributed by atoms with Crippen molar-refractivity contribution in [2.45, 2.75) is 5.37 Å². The molecule has 0 bridgehead atoms. The fourth-order valence-electron chi connectivity index (χ4n) is 2.99. The molecule has 1 aliphatic rings. The van der Waals surface area contributed by atoms with Crippen LogP contribution < -0.4 is 10.7 Å². The van der Waals surface area contributed by atoms with E-state index in [9.17, 15) is 14.4 Å². The molecule has 1 unspecified atom stereocenters. The number of pyridine rings is 1. The van der Waals surface area contributed by atoms with Gasteiger partial charge in [-0.3, -0.25) is 24.8 Å². The van der Waals surface area contributed by atoms with E-state index >= 15 is 0 Å². The van der Waals surface area contributed by atoms with Crippen molar-refractivity contribution < 1.29 is 14.4 Å². The molecule has 2 heterocycles. The molecule has 1 atom stereocenters. The number of rotatable bonds is 5. The number of hydrogen-bond donors (Lipinski definition) is 2. The number of carbonyl (C=O) groups is 3. The predicted octanol–water partition coefficient (Wildman–Crippen LogP) is 3.91. The Balaban J connectivity index is 1.42. The average Bonchev–Trinajstić information content (AvgIpc) is 3.15. The van der Waals surface area contributed by atoms with Crippen LogP contribution in [-0.4, -0.2) is 33.5 Å². The number of nitrogens with zero attached hydrogens (tertiary/aromatic N) is 2. The number of hydrogen-bond acceptors (Lipinski definition) is 5. The summed E-state index contributed by atoms with van der Waals surface area (Å²) in [5.74, 6) is -0.676. The van der Waals surface area contributed by atoms with Gasteiger partial charge in [-0.1, -0.05) is 29.8 Å². The lowest BCUT2D eigenvalue weighted by Gasteiger charge is -2.24. The van der Waals surface area contributed by atoms with Gasteiger partial charge in [0, 0.05) is 22.5 Å². The van der Waals surface area contributed by atoms with E-state index < -0.39 is 5.91 Å². The minimum Gasteiger partial charge on any atom is -0.321 e. The van der Waals surface area contributed by atoms with Crippen molar-refractivity contribution in [1.29, 1.82) is 0 Å². The smallest absolute Gasteiger partial charge is 0.274 e. The number of halogens is 1. The summed E-state index contributed by atoms with van der Waals surface area (Å²) in [4.78, 5) is 41.2. The molecular weight excluding hydrogens is 436 g/mol. The second-order valence-electron chi connectivity index (χ2n) is 6.67. The molecular formula is C22H17ClN4O3S. The van der Waals surface area contributed by atoms with Crippen LogP contribution in [0.5, 0.6) is 0 Å². The molecule has 156 valence electrons. The summed E-state index contributed by atoms with van der Waals surface area (Å²) in [6, 6.07) is 18.6. The van der Waals surface area contributed by atoms with Gasteiger partial charge in [0.1, 0.15) is 11.1 Å². The maximum atomic E-state index is 12.7. The van der Waals surface area contributed by atoms with Crippen LogP contribution in [0.1, 0.15) is 31.8 Å². The van der Waals surface area contributed by atoms with Crippen molar-refractivity contribution in [3.05, 3.63) is 94.8 Å². The Hall–Kier alpha value is -3.36. The summed E-state index contributed by atoms with van der Waals surface area (Å²) < 4.78 is 0. The Labute approximate surface area is 187 Å². The maximum Gasteiger partial charge on any atom is 0.274 e. The van der Waals surface area contributed by atoms with Crippen LogP contribution in [0, 0.1) is 0 Å². The number of hydrazine groups is 1. The number of anilines is 1. The second-order valence-corrected chi connectivity index (χ2v) is 8.17. The van der Waals surface area contributed by atoms with Gasteiger partial charge in [-0.15, -0.1) is 11.8 Å². The first-order valence-electron chi connectivity index (χ1n) is 9.34. The lowest BCUT2D eigenvalue weighted by Crippen LogP contribution is -2.44. The summed E-state index contributed by atoms with van der Waals surface area (Å²) >= 11 is 7.37. The molecule has 1 saturated heterocycles. The zero-order valence-corrected chi connectivity index (χ0v) is 17.7. The zero-order chi connectivity index (χ0) is 21.8. The van der Waals surface area contributed by atoms with Crippen LogP contribution in [0.25, 0.3) is 0 Å². The van der Waals surface area contributed by atoms with Crippen LogP contribution in [0.2, 0.25) is 5.02 Å². The number of carbonyl (C=O) groups excluding carboxylic acids is 3. The van der Waals surface area contributed by atoms with Crippen molar-refractivity contribution in [3.8, 4) is 0 Å². The van der Waals surface area contributed by atoms with Crippen molar-refractivity contribution >= 4 is 46.8 Å². The standard InChI is InChI=1S/C22H17ClN4O3S/c23-16-8-4-15(5-9-16)22-27(19(28)13-31-22)26-20(29)14-6-10-17(11-7-14)25-21(30)18-3-1-2-12-24-18/h1-12,22H,13H2,(H,25,30)(H,26,29). The van der Waals surface area contributed by atoms with Gasteiger partial charge < -0.3 is 5.32 Å². The first kappa shape index (κ1) is 20.9. The minimum absolute atomic E-state index is 0.183. The molecule has 0 aliphatic carbocycles. The Morgan fingerprint density at radius 1 is 1.00 bits per heavy atom. The Morgan fingerprint density at radius 3 is 2.42 bits per heavy atom. The molecule has 3 amide bonds. The van der Waals surface area contributed by atoms with Crippen molar-refractivity contribution in [2.24, 2.45) is 0 Å². The van der Waals surface area contributed by atoms with Gasteiger partial charge >= 0.3 is 0 Å². The molecule has 1 aromatic heterocycles. The van der Waals surface area contributed by atoms with Gasteiger partial charge in [0.05, 0.1) is 5.75 Å². The molecule has 1 fully saturated rings. The lowest BCUT2D eigenvalue weighted by molar-refractivity contribution is -0.130. The van der Waals surface area contributed by atoms with Gasteiger partial charge in [-0.2, -0.15) is 0 Å². The third-order valence-electron chi connectivity index (χ3n) is 4.55. The summed E-state index contributed by atoms with van der Waals surface area (Å²) in [5, 5.41) is 4.34. The third-order valence-corrected chi connectivity index (χ3v) is 6.01. The Kier molecular flexibility index (Phi) is 6.20. The van der Waals surface area contributed by atoms with Crippen LogP contribution in [0.3, 0.4) is 0 Å². The molecule has 0 saturated carbocycles. The molecule has 1 aliphatic heterocycles. The maximum absolute atomic E-state index is 12.7. The first-order chi connectivity index (χ1) is 15.0. The normalized spacial score (nSPS) is 15.6. The van der Waals surface area contributed by atoms with Crippen LogP contribution in [-0.2, 0) is 4.79 Å². The van der Waals surface area contributed by atoms with E-state index in [1.54, 1.807) is 54.6 Å². The highest BCUT2D eigenvalue weighted by Gasteiger charge is 2.34. The van der Waals surface area contributed by atoms with Gasteiger partial charge in [0.2, 0.25) is 0 Å².